The van der Waals surface area contributed by atoms with E-state index >= 15 is 0 Å². The summed E-state index contributed by atoms with van der Waals surface area (Å²) in [6, 6.07) is 14.6. The summed E-state index contributed by atoms with van der Waals surface area (Å²) >= 11 is 13.0. The number of furan rings is 1. The zero-order valence-electron chi connectivity index (χ0n) is 22.2. The van der Waals surface area contributed by atoms with Gasteiger partial charge in [-0.05, 0) is 42.3 Å². The van der Waals surface area contributed by atoms with Gasteiger partial charge in [0.1, 0.15) is 11.8 Å². The van der Waals surface area contributed by atoms with Crippen molar-refractivity contribution in [2.75, 3.05) is 5.32 Å². The molecular formula is C30H26Cl2N4O4. The Hall–Kier alpha value is -3.98. The number of carbonyl (C=O) groups is 2. The van der Waals surface area contributed by atoms with Crippen LogP contribution in [0.5, 0.6) is 0 Å². The molecule has 0 fully saturated rings. The van der Waals surface area contributed by atoms with E-state index in [1.54, 1.807) is 51.4 Å². The van der Waals surface area contributed by atoms with Gasteiger partial charge in [-0.1, -0.05) is 68.2 Å². The van der Waals surface area contributed by atoms with Gasteiger partial charge in [-0.25, -0.2) is 4.98 Å². The minimum atomic E-state index is -1.31. The Balaban J connectivity index is 1.78. The van der Waals surface area contributed by atoms with Crippen molar-refractivity contribution in [3.05, 3.63) is 76.7 Å². The lowest BCUT2D eigenvalue weighted by Crippen LogP contribution is -2.26. The maximum atomic E-state index is 13.4. The highest BCUT2D eigenvalue weighted by atomic mass is 35.5. The van der Waals surface area contributed by atoms with Gasteiger partial charge < -0.3 is 14.8 Å². The topological polar surface area (TPSA) is 121 Å². The standard InChI is InChI=1S/C30H26Cl2N4O4/c1-15(37)28(39)35-25-22-12-21(16-5-8-19(31)9-6-16)24(36-29(22)40-26(25)27(38)30(2,3)4)20-10-7-17(11-23(20)32)18-13-33-34-14-18/h5-15,37H,1-4H3,(H,33,34)(H,35,39). The normalized spacial score (nSPS) is 12.5. The van der Waals surface area contributed by atoms with Crippen LogP contribution in [0.15, 0.2) is 65.3 Å². The molecule has 1 unspecified atom stereocenters. The average molecular weight is 577 g/mol. The fraction of sp³-hybridized carbons (Fsp3) is 0.200. The molecule has 0 saturated carbocycles. The minimum Gasteiger partial charge on any atom is -0.432 e. The number of anilines is 1. The van der Waals surface area contributed by atoms with Crippen molar-refractivity contribution < 1.29 is 19.1 Å². The summed E-state index contributed by atoms with van der Waals surface area (Å²) in [6.07, 6.45) is 2.17. The number of aromatic amines is 1. The summed E-state index contributed by atoms with van der Waals surface area (Å²) < 4.78 is 6.03. The molecule has 0 aliphatic rings. The number of nitrogens with one attached hydrogen (secondary N) is 2. The van der Waals surface area contributed by atoms with Crippen molar-refractivity contribution in [3.8, 4) is 33.5 Å². The molecular weight excluding hydrogens is 551 g/mol. The van der Waals surface area contributed by atoms with Crippen molar-refractivity contribution in [1.29, 1.82) is 0 Å². The molecule has 10 heteroatoms. The molecule has 5 aromatic rings. The van der Waals surface area contributed by atoms with Gasteiger partial charge in [-0.15, -0.1) is 0 Å². The summed E-state index contributed by atoms with van der Waals surface area (Å²) in [6.45, 7) is 6.60. The third-order valence-corrected chi connectivity index (χ3v) is 6.97. The molecule has 0 radical (unpaired) electrons. The molecule has 0 saturated heterocycles. The number of aliphatic hydroxyl groups excluding tert-OH is 1. The van der Waals surface area contributed by atoms with Gasteiger partial charge >= 0.3 is 0 Å². The number of H-pyrrole nitrogens is 1. The van der Waals surface area contributed by atoms with Gasteiger partial charge in [0.15, 0.2) is 5.76 Å². The molecule has 2 aromatic carbocycles. The molecule has 0 bridgehead atoms. The smallest absolute Gasteiger partial charge is 0.253 e. The Morgan fingerprint density at radius 2 is 1.70 bits per heavy atom. The number of hydrogen-bond acceptors (Lipinski definition) is 6. The summed E-state index contributed by atoms with van der Waals surface area (Å²) in [5, 5.41) is 20.8. The first-order chi connectivity index (χ1) is 18.9. The zero-order chi connectivity index (χ0) is 28.8. The SMILES string of the molecule is CC(O)C(=O)Nc1c(C(=O)C(C)(C)C)oc2nc(-c3ccc(-c4cn[nH]c4)cc3Cl)c(-c3ccc(Cl)cc3)cc12. The van der Waals surface area contributed by atoms with E-state index in [2.05, 4.69) is 15.5 Å². The number of aliphatic hydroxyl groups is 1. The molecule has 3 N–H and O–H groups in total. The summed E-state index contributed by atoms with van der Waals surface area (Å²) in [4.78, 5) is 30.8. The van der Waals surface area contributed by atoms with Gasteiger partial charge in [-0.3, -0.25) is 14.7 Å². The molecule has 40 heavy (non-hydrogen) atoms. The second-order valence-electron chi connectivity index (χ2n) is 10.5. The first-order valence-electron chi connectivity index (χ1n) is 12.5. The number of carbonyl (C=O) groups excluding carboxylic acids is 2. The number of nitrogens with zero attached hydrogens (tertiary/aromatic N) is 2. The van der Waals surface area contributed by atoms with Crippen LogP contribution < -0.4 is 5.32 Å². The minimum absolute atomic E-state index is 0.0513. The number of Topliss-reactive ketones (excluding diaryl/α,β-unsaturated/α-hetero) is 1. The van der Waals surface area contributed by atoms with Crippen LogP contribution in [0.1, 0.15) is 38.2 Å². The van der Waals surface area contributed by atoms with Crippen LogP contribution in [0.3, 0.4) is 0 Å². The summed E-state index contributed by atoms with van der Waals surface area (Å²) in [5.74, 6) is -1.06. The van der Waals surface area contributed by atoms with E-state index in [-0.39, 0.29) is 22.9 Å². The second-order valence-corrected chi connectivity index (χ2v) is 11.3. The van der Waals surface area contributed by atoms with Gasteiger partial charge in [-0.2, -0.15) is 5.10 Å². The Morgan fingerprint density at radius 1 is 1.00 bits per heavy atom. The quantitative estimate of drug-likeness (QED) is 0.181. The van der Waals surface area contributed by atoms with Crippen LogP contribution >= 0.6 is 23.2 Å². The molecule has 0 aliphatic carbocycles. The second kappa shape index (κ2) is 10.5. The van der Waals surface area contributed by atoms with Crippen molar-refractivity contribution in [3.63, 3.8) is 0 Å². The summed E-state index contributed by atoms with van der Waals surface area (Å²) in [5.41, 5.74) is 3.82. The fourth-order valence-corrected chi connectivity index (χ4v) is 4.62. The predicted molar refractivity (Wildman–Crippen MR) is 157 cm³/mol. The first kappa shape index (κ1) is 27.6. The highest BCUT2D eigenvalue weighted by Crippen LogP contribution is 2.42. The molecule has 5 rings (SSSR count). The maximum Gasteiger partial charge on any atom is 0.253 e. The number of aromatic nitrogens is 3. The van der Waals surface area contributed by atoms with Gasteiger partial charge in [0.25, 0.3) is 5.91 Å². The third-order valence-electron chi connectivity index (χ3n) is 6.41. The fourth-order valence-electron chi connectivity index (χ4n) is 4.23. The van der Waals surface area contributed by atoms with Crippen LogP contribution in [0.4, 0.5) is 5.69 Å². The molecule has 204 valence electrons. The van der Waals surface area contributed by atoms with Crippen molar-refractivity contribution in [1.82, 2.24) is 15.2 Å². The van der Waals surface area contributed by atoms with E-state index in [1.165, 1.54) is 6.92 Å². The van der Waals surface area contributed by atoms with Crippen molar-refractivity contribution in [2.24, 2.45) is 5.41 Å². The Morgan fingerprint density at radius 3 is 2.30 bits per heavy atom. The molecule has 0 spiro atoms. The largest absolute Gasteiger partial charge is 0.432 e. The number of halogens is 2. The molecule has 8 nitrogen and oxygen atoms in total. The lowest BCUT2D eigenvalue weighted by atomic mass is 9.88. The maximum absolute atomic E-state index is 13.4. The predicted octanol–water partition coefficient (Wildman–Crippen LogP) is 7.41. The molecule has 0 aliphatic heterocycles. The Labute approximate surface area is 240 Å². The van der Waals surface area contributed by atoms with Crippen LogP contribution in [0.25, 0.3) is 44.6 Å². The number of pyridine rings is 1. The monoisotopic (exact) mass is 576 g/mol. The molecule has 3 aromatic heterocycles. The highest BCUT2D eigenvalue weighted by molar-refractivity contribution is 6.34. The number of hydrogen-bond donors (Lipinski definition) is 3. The lowest BCUT2D eigenvalue weighted by Gasteiger charge is -2.16. The first-order valence-corrected chi connectivity index (χ1v) is 13.3. The third kappa shape index (κ3) is 5.25. The van der Waals surface area contributed by atoms with Crippen LogP contribution in [0.2, 0.25) is 10.0 Å². The van der Waals surface area contributed by atoms with Crippen LogP contribution in [-0.4, -0.2) is 38.1 Å². The van der Waals surface area contributed by atoms with Crippen LogP contribution in [0, 0.1) is 5.41 Å². The molecule has 1 amide bonds. The molecule has 3 heterocycles. The number of rotatable bonds is 6. The number of fused-ring (bicyclic) bond motifs is 1. The van der Waals surface area contributed by atoms with E-state index in [4.69, 9.17) is 32.6 Å². The zero-order valence-corrected chi connectivity index (χ0v) is 23.7. The van der Waals surface area contributed by atoms with Gasteiger partial charge in [0, 0.05) is 33.3 Å². The Kier molecular flexibility index (Phi) is 7.27. The number of amides is 1. The van der Waals surface area contributed by atoms with E-state index in [1.807, 2.05) is 30.3 Å². The van der Waals surface area contributed by atoms with Gasteiger partial charge in [0.2, 0.25) is 11.5 Å². The van der Waals surface area contributed by atoms with E-state index in [0.717, 1.165) is 16.7 Å². The van der Waals surface area contributed by atoms with Crippen LogP contribution in [-0.2, 0) is 4.79 Å². The Bertz CT molecular complexity index is 1730. The summed E-state index contributed by atoms with van der Waals surface area (Å²) in [7, 11) is 0. The average Bonchev–Trinajstić information content (AvgIpc) is 3.56. The van der Waals surface area contributed by atoms with E-state index < -0.39 is 17.4 Å². The van der Waals surface area contributed by atoms with Gasteiger partial charge in [0.05, 0.1) is 22.3 Å². The molecule has 1 atom stereocenters. The number of benzene rings is 2. The van der Waals surface area contributed by atoms with E-state index in [0.29, 0.717) is 32.3 Å². The van der Waals surface area contributed by atoms with E-state index in [9.17, 15) is 14.7 Å². The number of ketones is 1. The highest BCUT2D eigenvalue weighted by Gasteiger charge is 2.32. The lowest BCUT2D eigenvalue weighted by molar-refractivity contribution is -0.123. The van der Waals surface area contributed by atoms with Crippen molar-refractivity contribution in [2.45, 2.75) is 33.8 Å². The van der Waals surface area contributed by atoms with Crippen molar-refractivity contribution >= 4 is 51.7 Å².